The van der Waals surface area contributed by atoms with Crippen LogP contribution in [0.2, 0.25) is 0 Å². The zero-order valence-electron chi connectivity index (χ0n) is 18.1. The van der Waals surface area contributed by atoms with Crippen molar-refractivity contribution in [3.05, 3.63) is 58.7 Å². The molecule has 1 atom stereocenters. The fourth-order valence-corrected chi connectivity index (χ4v) is 6.40. The van der Waals surface area contributed by atoms with E-state index in [9.17, 15) is 9.13 Å². The maximum atomic E-state index is 13.0. The molecule has 0 saturated heterocycles. The first-order chi connectivity index (χ1) is 14.4. The van der Waals surface area contributed by atoms with Crippen molar-refractivity contribution in [1.29, 1.82) is 0 Å². The van der Waals surface area contributed by atoms with E-state index in [0.29, 0.717) is 19.8 Å². The molecule has 0 heterocycles. The first-order valence-electron chi connectivity index (χ1n) is 10.5. The standard InChI is InChI=1S/C23H30O5P2/c1-5-12-23(4)21-13-17(15-26-29-24)8-10-19(21)20-11-9-18(14-22(20)23)16-30(25,27-6-2)28-7-3/h8-11,13-14H,5-7,12,15-16H2,1-4H3. The summed E-state index contributed by atoms with van der Waals surface area (Å²) in [7, 11) is -3.47. The molecule has 3 rings (SSSR count). The maximum absolute atomic E-state index is 13.0. The lowest BCUT2D eigenvalue weighted by Crippen LogP contribution is -2.20. The minimum atomic E-state index is -3.16. The Labute approximate surface area is 181 Å². The summed E-state index contributed by atoms with van der Waals surface area (Å²) in [4.78, 5) is 0. The van der Waals surface area contributed by atoms with Gasteiger partial charge in [-0.15, -0.1) is 0 Å². The molecular formula is C23H30O5P2. The van der Waals surface area contributed by atoms with Crippen LogP contribution in [-0.2, 0) is 40.9 Å². The fraction of sp³-hybridized carbons (Fsp3) is 0.478. The summed E-state index contributed by atoms with van der Waals surface area (Å²) >= 11 is 0. The average Bonchev–Trinajstić information content (AvgIpc) is 2.95. The van der Waals surface area contributed by atoms with Gasteiger partial charge in [0.15, 0.2) is 0 Å². The molecule has 0 spiro atoms. The lowest BCUT2D eigenvalue weighted by molar-refractivity contribution is 0.219. The third-order valence-corrected chi connectivity index (χ3v) is 8.00. The molecular weight excluding hydrogens is 418 g/mol. The van der Waals surface area contributed by atoms with Gasteiger partial charge in [0.05, 0.1) is 26.0 Å². The molecule has 30 heavy (non-hydrogen) atoms. The minimum Gasteiger partial charge on any atom is -0.309 e. The van der Waals surface area contributed by atoms with E-state index in [4.69, 9.17) is 13.6 Å². The van der Waals surface area contributed by atoms with Gasteiger partial charge in [-0.05, 0) is 53.6 Å². The van der Waals surface area contributed by atoms with Gasteiger partial charge in [-0.25, -0.2) is 4.57 Å². The smallest absolute Gasteiger partial charge is 0.309 e. The van der Waals surface area contributed by atoms with Crippen LogP contribution < -0.4 is 0 Å². The molecule has 0 N–H and O–H groups in total. The summed E-state index contributed by atoms with van der Waals surface area (Å²) in [6, 6.07) is 12.6. The van der Waals surface area contributed by atoms with Crippen molar-refractivity contribution in [2.24, 2.45) is 0 Å². The Balaban J connectivity index is 2.03. The minimum absolute atomic E-state index is 0.151. The molecule has 1 unspecified atom stereocenters. The molecule has 162 valence electrons. The van der Waals surface area contributed by atoms with Crippen molar-refractivity contribution in [2.75, 3.05) is 13.2 Å². The molecule has 0 aromatic heterocycles. The van der Waals surface area contributed by atoms with Gasteiger partial charge in [0.25, 0.3) is 0 Å². The van der Waals surface area contributed by atoms with Gasteiger partial charge in [-0.3, -0.25) is 9.09 Å². The van der Waals surface area contributed by atoms with Crippen LogP contribution >= 0.6 is 16.3 Å². The highest BCUT2D eigenvalue weighted by Gasteiger charge is 2.39. The Morgan fingerprint density at radius 3 is 2.03 bits per heavy atom. The van der Waals surface area contributed by atoms with Gasteiger partial charge in [0.1, 0.15) is 0 Å². The van der Waals surface area contributed by atoms with E-state index in [1.807, 2.05) is 26.0 Å². The fourth-order valence-electron chi connectivity index (χ4n) is 4.51. The molecule has 7 heteroatoms. The van der Waals surface area contributed by atoms with E-state index in [1.165, 1.54) is 22.3 Å². The molecule has 1 aliphatic rings. The van der Waals surface area contributed by atoms with Crippen molar-refractivity contribution in [3.8, 4) is 11.1 Å². The lowest BCUT2D eigenvalue weighted by atomic mass is 9.76. The summed E-state index contributed by atoms with van der Waals surface area (Å²) in [5, 5.41) is 0. The van der Waals surface area contributed by atoms with Gasteiger partial charge in [0.2, 0.25) is 0 Å². The monoisotopic (exact) mass is 448 g/mol. The van der Waals surface area contributed by atoms with Crippen LogP contribution in [0.25, 0.3) is 11.1 Å². The van der Waals surface area contributed by atoms with Gasteiger partial charge < -0.3 is 9.05 Å². The second-order valence-electron chi connectivity index (χ2n) is 7.79. The van der Waals surface area contributed by atoms with Crippen LogP contribution in [0, 0.1) is 0 Å². The summed E-state index contributed by atoms with van der Waals surface area (Å²) in [6.07, 6.45) is 2.30. The molecule has 2 aromatic rings. The molecule has 2 aromatic carbocycles. The van der Waals surface area contributed by atoms with Gasteiger partial charge >= 0.3 is 16.3 Å². The number of hydrogen-bond acceptors (Lipinski definition) is 5. The SMILES string of the molecule is CCCC1(C)c2cc(COP=O)ccc2-c2ccc(CP(=O)(OCC)OCC)cc21. The molecule has 5 nitrogen and oxygen atoms in total. The molecule has 0 radical (unpaired) electrons. The van der Waals surface area contributed by atoms with Crippen LogP contribution in [0.5, 0.6) is 0 Å². The van der Waals surface area contributed by atoms with Crippen LogP contribution in [-0.4, -0.2) is 13.2 Å². The van der Waals surface area contributed by atoms with Gasteiger partial charge in [-0.1, -0.05) is 56.7 Å². The van der Waals surface area contributed by atoms with E-state index in [2.05, 4.69) is 38.1 Å². The number of fused-ring (bicyclic) bond motifs is 3. The first-order valence-corrected chi connectivity index (χ1v) is 13.0. The third-order valence-electron chi connectivity index (χ3n) is 5.71. The largest absolute Gasteiger partial charge is 0.335 e. The Kier molecular flexibility index (Phi) is 7.66. The van der Waals surface area contributed by atoms with Crippen LogP contribution in [0.3, 0.4) is 0 Å². The first kappa shape index (κ1) is 23.3. The van der Waals surface area contributed by atoms with Crippen molar-refractivity contribution in [1.82, 2.24) is 0 Å². The van der Waals surface area contributed by atoms with Crippen molar-refractivity contribution in [2.45, 2.75) is 58.7 Å². The van der Waals surface area contributed by atoms with E-state index in [1.54, 1.807) is 0 Å². The summed E-state index contributed by atoms with van der Waals surface area (Å²) in [5.74, 6) is 0. The summed E-state index contributed by atoms with van der Waals surface area (Å²) in [6.45, 7) is 9.15. The van der Waals surface area contributed by atoms with Crippen LogP contribution in [0.4, 0.5) is 0 Å². The molecule has 0 saturated carbocycles. The molecule has 0 aliphatic heterocycles. The average molecular weight is 448 g/mol. The number of hydrogen-bond donors (Lipinski definition) is 0. The van der Waals surface area contributed by atoms with E-state index in [-0.39, 0.29) is 20.3 Å². The van der Waals surface area contributed by atoms with Crippen molar-refractivity contribution < 1.29 is 22.7 Å². The molecule has 1 aliphatic carbocycles. The second kappa shape index (κ2) is 9.85. The molecule has 0 amide bonds. The highest BCUT2D eigenvalue weighted by atomic mass is 31.2. The second-order valence-corrected chi connectivity index (χ2v) is 10.3. The predicted octanol–water partition coefficient (Wildman–Crippen LogP) is 7.26. The maximum Gasteiger partial charge on any atom is 0.335 e. The Bertz CT molecular complexity index is 949. The van der Waals surface area contributed by atoms with E-state index < -0.39 is 7.60 Å². The third kappa shape index (κ3) is 4.61. The predicted molar refractivity (Wildman–Crippen MR) is 120 cm³/mol. The summed E-state index contributed by atoms with van der Waals surface area (Å²) < 4.78 is 39.8. The Morgan fingerprint density at radius 1 is 0.933 bits per heavy atom. The zero-order valence-corrected chi connectivity index (χ0v) is 19.9. The topological polar surface area (TPSA) is 61.8 Å². The quantitative estimate of drug-likeness (QED) is 0.339. The number of benzene rings is 2. The normalized spacial score (nSPS) is 17.9. The van der Waals surface area contributed by atoms with E-state index in [0.717, 1.165) is 24.0 Å². The summed E-state index contributed by atoms with van der Waals surface area (Å²) in [5.41, 5.74) is 6.75. The van der Waals surface area contributed by atoms with E-state index >= 15 is 0 Å². The lowest BCUT2D eigenvalue weighted by Gasteiger charge is -2.28. The Morgan fingerprint density at radius 2 is 1.50 bits per heavy atom. The molecule has 0 bridgehead atoms. The van der Waals surface area contributed by atoms with Crippen molar-refractivity contribution in [3.63, 3.8) is 0 Å². The van der Waals surface area contributed by atoms with Crippen LogP contribution in [0.1, 0.15) is 62.8 Å². The molecule has 0 fully saturated rings. The highest BCUT2D eigenvalue weighted by molar-refractivity contribution is 7.53. The Hall–Kier alpha value is -1.35. The van der Waals surface area contributed by atoms with Gasteiger partial charge in [-0.2, -0.15) is 0 Å². The van der Waals surface area contributed by atoms with Crippen LogP contribution in [0.15, 0.2) is 36.4 Å². The van der Waals surface area contributed by atoms with Crippen molar-refractivity contribution >= 4 is 16.3 Å². The van der Waals surface area contributed by atoms with Gasteiger partial charge in [0, 0.05) is 5.41 Å². The zero-order chi connectivity index (χ0) is 21.8. The highest BCUT2D eigenvalue weighted by Crippen LogP contribution is 2.54. The number of rotatable bonds is 11.